The van der Waals surface area contributed by atoms with Crippen LogP contribution in [0.4, 0.5) is 0 Å². The Morgan fingerprint density at radius 2 is 1.44 bits per heavy atom. The fraction of sp³-hybridized carbons (Fsp3) is 0.600. The Hall–Kier alpha value is -1.55. The highest BCUT2D eigenvalue weighted by Crippen LogP contribution is 2.16. The average Bonchev–Trinajstić information content (AvgIpc) is 2.61. The van der Waals surface area contributed by atoms with Gasteiger partial charge in [-0.05, 0) is 49.9 Å². The summed E-state index contributed by atoms with van der Waals surface area (Å²) in [5, 5.41) is 5.00. The highest BCUT2D eigenvalue weighted by molar-refractivity contribution is 6.30. The maximum Gasteiger partial charge on any atom is 0.277 e. The van der Waals surface area contributed by atoms with Gasteiger partial charge in [-0.1, -0.05) is 56.5 Å². The molecule has 25 heavy (non-hydrogen) atoms. The molecule has 0 aliphatic heterocycles. The number of benzene rings is 1. The van der Waals surface area contributed by atoms with Gasteiger partial charge in [0.25, 0.3) is 5.91 Å². The molecular formula is C20H29ClN2O2. The summed E-state index contributed by atoms with van der Waals surface area (Å²) < 4.78 is 5.43. The van der Waals surface area contributed by atoms with E-state index < -0.39 is 0 Å². The van der Waals surface area contributed by atoms with Crippen molar-refractivity contribution in [1.29, 1.82) is 0 Å². The molecule has 1 saturated carbocycles. The third-order valence-electron chi connectivity index (χ3n) is 4.45. The molecule has 1 fully saturated rings. The van der Waals surface area contributed by atoms with Crippen molar-refractivity contribution in [2.24, 2.45) is 5.10 Å². The average molecular weight is 365 g/mol. The van der Waals surface area contributed by atoms with Crippen LogP contribution in [0.5, 0.6) is 5.75 Å². The van der Waals surface area contributed by atoms with Gasteiger partial charge in [-0.15, -0.1) is 0 Å². The fourth-order valence-corrected chi connectivity index (χ4v) is 3.11. The summed E-state index contributed by atoms with van der Waals surface area (Å²) in [6.07, 6.45) is 13.5. The Balaban J connectivity index is 1.75. The van der Waals surface area contributed by atoms with E-state index in [0.29, 0.717) is 10.8 Å². The smallest absolute Gasteiger partial charge is 0.277 e. The molecule has 0 bridgehead atoms. The second-order valence-corrected chi connectivity index (χ2v) is 7.07. The van der Waals surface area contributed by atoms with Crippen molar-refractivity contribution in [2.45, 2.75) is 70.6 Å². The number of ether oxygens (including phenoxy) is 1. The Morgan fingerprint density at radius 3 is 2.00 bits per heavy atom. The molecule has 0 unspecified atom stereocenters. The Kier molecular flexibility index (Phi) is 9.42. The summed E-state index contributed by atoms with van der Waals surface area (Å²) in [7, 11) is 0. The van der Waals surface area contributed by atoms with Gasteiger partial charge in [0.05, 0.1) is 0 Å². The molecule has 0 radical (unpaired) electrons. The van der Waals surface area contributed by atoms with Crippen molar-refractivity contribution in [3.63, 3.8) is 0 Å². The van der Waals surface area contributed by atoms with Crippen LogP contribution in [-0.2, 0) is 4.79 Å². The first-order valence-corrected chi connectivity index (χ1v) is 9.84. The van der Waals surface area contributed by atoms with Gasteiger partial charge < -0.3 is 4.74 Å². The van der Waals surface area contributed by atoms with Crippen molar-refractivity contribution >= 4 is 23.2 Å². The Bertz CT molecular complexity index is 529. The van der Waals surface area contributed by atoms with E-state index in [9.17, 15) is 4.79 Å². The predicted octanol–water partition coefficient (Wildman–Crippen LogP) is 5.50. The van der Waals surface area contributed by atoms with Gasteiger partial charge in [0.2, 0.25) is 0 Å². The predicted molar refractivity (Wildman–Crippen MR) is 103 cm³/mol. The lowest BCUT2D eigenvalue weighted by molar-refractivity contribution is -0.123. The van der Waals surface area contributed by atoms with Crippen molar-refractivity contribution in [2.75, 3.05) is 6.61 Å². The quantitative estimate of drug-likeness (QED) is 0.717. The van der Waals surface area contributed by atoms with Gasteiger partial charge in [-0.3, -0.25) is 4.79 Å². The molecule has 4 nitrogen and oxygen atoms in total. The maximum atomic E-state index is 11.9. The molecule has 1 aliphatic rings. The minimum Gasteiger partial charge on any atom is -0.484 e. The summed E-state index contributed by atoms with van der Waals surface area (Å²) >= 11 is 5.82. The summed E-state index contributed by atoms with van der Waals surface area (Å²) in [6.45, 7) is -0.0432. The van der Waals surface area contributed by atoms with E-state index in [1.807, 2.05) is 0 Å². The summed E-state index contributed by atoms with van der Waals surface area (Å²) in [6, 6.07) is 6.96. The molecule has 5 heteroatoms. The van der Waals surface area contributed by atoms with Gasteiger partial charge in [-0.2, -0.15) is 5.10 Å². The van der Waals surface area contributed by atoms with Gasteiger partial charge in [0.1, 0.15) is 5.75 Å². The third-order valence-corrected chi connectivity index (χ3v) is 4.70. The van der Waals surface area contributed by atoms with Crippen LogP contribution in [0, 0.1) is 0 Å². The van der Waals surface area contributed by atoms with Gasteiger partial charge >= 0.3 is 0 Å². The molecule has 1 amide bonds. The number of nitrogens with one attached hydrogen (secondary N) is 1. The molecular weight excluding hydrogens is 336 g/mol. The molecule has 0 heterocycles. The molecule has 138 valence electrons. The number of hydrogen-bond acceptors (Lipinski definition) is 3. The highest BCUT2D eigenvalue weighted by atomic mass is 35.5. The van der Waals surface area contributed by atoms with E-state index in [4.69, 9.17) is 16.3 Å². The monoisotopic (exact) mass is 364 g/mol. The lowest BCUT2D eigenvalue weighted by atomic mass is 10.00. The van der Waals surface area contributed by atoms with E-state index in [-0.39, 0.29) is 12.5 Å². The summed E-state index contributed by atoms with van der Waals surface area (Å²) in [4.78, 5) is 11.9. The summed E-state index contributed by atoms with van der Waals surface area (Å²) in [5.74, 6) is 0.395. The number of hydrazone groups is 1. The molecule has 0 atom stereocenters. The second kappa shape index (κ2) is 11.9. The minimum atomic E-state index is -0.228. The SMILES string of the molecule is O=C(COc1ccc(Cl)cc1)NN=C1CCCCCCCCCCC1. The second-order valence-electron chi connectivity index (χ2n) is 6.64. The molecule has 1 N–H and O–H groups in total. The number of halogens is 1. The van der Waals surface area contributed by atoms with Gasteiger partial charge in [0.15, 0.2) is 6.61 Å². The van der Waals surface area contributed by atoms with Crippen LogP contribution in [-0.4, -0.2) is 18.2 Å². The molecule has 1 aromatic carbocycles. The van der Waals surface area contributed by atoms with E-state index in [1.54, 1.807) is 24.3 Å². The molecule has 0 saturated heterocycles. The standard InChI is InChI=1S/C20H29ClN2O2/c21-17-12-14-19(15-13-17)25-16-20(24)23-22-18-10-8-6-4-2-1-3-5-7-9-11-18/h12-15H,1-11,16H2,(H,23,24). The maximum absolute atomic E-state index is 11.9. The number of carbonyl (C=O) groups excluding carboxylic acids is 1. The first-order valence-electron chi connectivity index (χ1n) is 9.47. The van der Waals surface area contributed by atoms with Crippen LogP contribution in [0.25, 0.3) is 0 Å². The Morgan fingerprint density at radius 1 is 0.920 bits per heavy atom. The van der Waals surface area contributed by atoms with E-state index >= 15 is 0 Å². The van der Waals surface area contributed by atoms with Crippen LogP contribution in [0.15, 0.2) is 29.4 Å². The highest BCUT2D eigenvalue weighted by Gasteiger charge is 2.06. The molecule has 1 aromatic rings. The van der Waals surface area contributed by atoms with Crippen molar-refractivity contribution in [1.82, 2.24) is 5.43 Å². The first-order chi connectivity index (χ1) is 12.2. The van der Waals surface area contributed by atoms with Crippen molar-refractivity contribution in [3.8, 4) is 5.75 Å². The van der Waals surface area contributed by atoms with Crippen LogP contribution in [0.1, 0.15) is 70.6 Å². The van der Waals surface area contributed by atoms with E-state index in [1.165, 1.54) is 44.9 Å². The zero-order valence-electron chi connectivity index (χ0n) is 14.9. The van der Waals surface area contributed by atoms with E-state index in [0.717, 1.165) is 31.4 Å². The van der Waals surface area contributed by atoms with Crippen LogP contribution < -0.4 is 10.2 Å². The number of rotatable bonds is 4. The lowest BCUT2D eigenvalue weighted by Gasteiger charge is -2.10. The Labute approximate surface area is 156 Å². The van der Waals surface area contributed by atoms with Crippen LogP contribution in [0.3, 0.4) is 0 Å². The minimum absolute atomic E-state index is 0.0432. The molecule has 0 aromatic heterocycles. The first kappa shape index (κ1) is 19.8. The fourth-order valence-electron chi connectivity index (χ4n) is 2.99. The van der Waals surface area contributed by atoms with Crippen LogP contribution >= 0.6 is 11.6 Å². The molecule has 1 aliphatic carbocycles. The van der Waals surface area contributed by atoms with Crippen molar-refractivity contribution in [3.05, 3.63) is 29.3 Å². The zero-order chi connectivity index (χ0) is 17.7. The number of amides is 1. The van der Waals surface area contributed by atoms with Gasteiger partial charge in [0, 0.05) is 10.7 Å². The van der Waals surface area contributed by atoms with E-state index in [2.05, 4.69) is 10.5 Å². The summed E-state index contributed by atoms with van der Waals surface area (Å²) in [5.41, 5.74) is 3.76. The number of carbonyl (C=O) groups is 1. The molecule has 2 rings (SSSR count). The number of hydrogen-bond donors (Lipinski definition) is 1. The molecule has 0 spiro atoms. The third kappa shape index (κ3) is 8.92. The van der Waals surface area contributed by atoms with Gasteiger partial charge in [-0.25, -0.2) is 5.43 Å². The van der Waals surface area contributed by atoms with Crippen molar-refractivity contribution < 1.29 is 9.53 Å². The largest absolute Gasteiger partial charge is 0.484 e. The topological polar surface area (TPSA) is 50.7 Å². The number of nitrogens with zero attached hydrogens (tertiary/aromatic N) is 1. The lowest BCUT2D eigenvalue weighted by Crippen LogP contribution is -2.25. The van der Waals surface area contributed by atoms with Crippen LogP contribution in [0.2, 0.25) is 5.02 Å². The zero-order valence-corrected chi connectivity index (χ0v) is 15.7. The normalized spacial score (nSPS) is 17.1.